The van der Waals surface area contributed by atoms with Gasteiger partial charge in [0.1, 0.15) is 11.5 Å². The van der Waals surface area contributed by atoms with Crippen molar-refractivity contribution in [1.82, 2.24) is 16.2 Å². The lowest BCUT2D eigenvalue weighted by Gasteiger charge is -2.13. The van der Waals surface area contributed by atoms with Gasteiger partial charge in [0, 0.05) is 8.95 Å². The predicted octanol–water partition coefficient (Wildman–Crippen LogP) is 4.52. The minimum Gasteiger partial charge on any atom is -0.483 e. The number of carbonyl (C=O) groups is 2. The van der Waals surface area contributed by atoms with Crippen molar-refractivity contribution in [2.45, 2.75) is 6.92 Å². The topological polar surface area (TPSA) is 88.7 Å². The van der Waals surface area contributed by atoms with Crippen LogP contribution in [-0.2, 0) is 9.59 Å². The zero-order valence-electron chi connectivity index (χ0n) is 15.4. The Labute approximate surface area is 212 Å². The van der Waals surface area contributed by atoms with Gasteiger partial charge in [0.05, 0.1) is 8.95 Å². The van der Waals surface area contributed by atoms with Gasteiger partial charge < -0.3 is 9.47 Å². The Kier molecular flexibility index (Phi) is 10.0. The summed E-state index contributed by atoms with van der Waals surface area (Å²) in [7, 11) is 0. The van der Waals surface area contributed by atoms with Crippen LogP contribution in [0.5, 0.6) is 11.5 Å². The maximum absolute atomic E-state index is 12.0. The minimum atomic E-state index is -0.481. The van der Waals surface area contributed by atoms with Gasteiger partial charge in [0.2, 0.25) is 0 Å². The zero-order valence-corrected chi connectivity index (χ0v) is 22.5. The SMILES string of the molecule is Cc1cc(Br)cc(Br)c1OCC(=O)NC(=S)NNC(=O)COc1ccc(Br)cc1Br. The van der Waals surface area contributed by atoms with E-state index in [4.69, 9.17) is 21.7 Å². The van der Waals surface area contributed by atoms with Gasteiger partial charge in [-0.25, -0.2) is 0 Å². The molecule has 0 atom stereocenters. The molecule has 0 saturated carbocycles. The van der Waals surface area contributed by atoms with E-state index in [1.54, 1.807) is 18.2 Å². The molecule has 0 saturated heterocycles. The Balaban J connectivity index is 1.72. The number of hydrazine groups is 1. The Bertz CT molecular complexity index is 951. The highest BCUT2D eigenvalue weighted by Gasteiger charge is 2.12. The number of carbonyl (C=O) groups excluding carboxylic acids is 2. The molecule has 2 rings (SSSR count). The number of benzene rings is 2. The quantitative estimate of drug-likeness (QED) is 0.306. The normalized spacial score (nSPS) is 10.2. The first-order valence-corrected chi connectivity index (χ1v) is 11.8. The van der Waals surface area contributed by atoms with Crippen LogP contribution in [0, 0.1) is 6.92 Å². The van der Waals surface area contributed by atoms with Crippen molar-refractivity contribution in [2.75, 3.05) is 13.2 Å². The van der Waals surface area contributed by atoms with Gasteiger partial charge in [-0.3, -0.25) is 25.8 Å². The lowest BCUT2D eigenvalue weighted by atomic mass is 10.2. The molecule has 0 unspecified atom stereocenters. The second-order valence-corrected chi connectivity index (χ2v) is 9.68. The van der Waals surface area contributed by atoms with Crippen molar-refractivity contribution in [1.29, 1.82) is 0 Å². The Morgan fingerprint density at radius 2 is 1.57 bits per heavy atom. The minimum absolute atomic E-state index is 0.0756. The molecule has 3 N–H and O–H groups in total. The summed E-state index contributed by atoms with van der Waals surface area (Å²) in [6.45, 7) is 1.36. The average Bonchev–Trinajstić information content (AvgIpc) is 2.64. The molecule has 0 bridgehead atoms. The summed E-state index contributed by atoms with van der Waals surface area (Å²) in [4.78, 5) is 23.9. The molecule has 0 spiro atoms. The fourth-order valence-electron chi connectivity index (χ4n) is 2.10. The van der Waals surface area contributed by atoms with Crippen LogP contribution in [0.25, 0.3) is 0 Å². The van der Waals surface area contributed by atoms with E-state index in [-0.39, 0.29) is 18.3 Å². The van der Waals surface area contributed by atoms with E-state index in [0.717, 1.165) is 14.5 Å². The Morgan fingerprint density at radius 3 is 2.23 bits per heavy atom. The first-order valence-electron chi connectivity index (χ1n) is 8.20. The highest BCUT2D eigenvalue weighted by Crippen LogP contribution is 2.32. The van der Waals surface area contributed by atoms with Crippen LogP contribution >= 0.6 is 75.9 Å². The van der Waals surface area contributed by atoms with Crippen molar-refractivity contribution in [3.8, 4) is 11.5 Å². The van der Waals surface area contributed by atoms with Gasteiger partial charge >= 0.3 is 0 Å². The molecule has 0 aliphatic carbocycles. The Hall–Kier alpha value is -1.21. The largest absolute Gasteiger partial charge is 0.483 e. The maximum Gasteiger partial charge on any atom is 0.276 e. The molecule has 0 aliphatic heterocycles. The molecular weight excluding hydrogens is 674 g/mol. The van der Waals surface area contributed by atoms with E-state index < -0.39 is 11.8 Å². The molecule has 7 nitrogen and oxygen atoms in total. The van der Waals surface area contributed by atoms with Gasteiger partial charge in [-0.15, -0.1) is 0 Å². The molecule has 160 valence electrons. The fourth-order valence-corrected chi connectivity index (χ4v) is 4.98. The summed E-state index contributed by atoms with van der Waals surface area (Å²) in [5.74, 6) is 0.102. The van der Waals surface area contributed by atoms with Crippen molar-refractivity contribution >= 4 is 92.9 Å². The lowest BCUT2D eigenvalue weighted by Crippen LogP contribution is -2.50. The second-order valence-electron chi connectivity index (χ2n) is 5.74. The molecule has 12 heteroatoms. The molecule has 2 aromatic carbocycles. The average molecular weight is 689 g/mol. The van der Waals surface area contributed by atoms with Crippen LogP contribution in [-0.4, -0.2) is 30.1 Å². The van der Waals surface area contributed by atoms with E-state index in [1.165, 1.54) is 0 Å². The molecule has 2 amide bonds. The monoisotopic (exact) mass is 685 g/mol. The maximum atomic E-state index is 12.0. The summed E-state index contributed by atoms with van der Waals surface area (Å²) < 4.78 is 14.1. The second kappa shape index (κ2) is 12.0. The number of rotatable bonds is 6. The number of hydrogen-bond donors (Lipinski definition) is 3. The zero-order chi connectivity index (χ0) is 22.3. The summed E-state index contributed by atoms with van der Waals surface area (Å²) >= 11 is 18.4. The van der Waals surface area contributed by atoms with Crippen molar-refractivity contribution < 1.29 is 19.1 Å². The molecule has 0 aromatic heterocycles. The van der Waals surface area contributed by atoms with Crippen molar-refractivity contribution in [3.63, 3.8) is 0 Å². The van der Waals surface area contributed by atoms with Gasteiger partial charge in [0.25, 0.3) is 11.8 Å². The molecule has 2 aromatic rings. The molecular formula is C18H15Br4N3O4S. The number of thiocarbonyl (C=S) groups is 1. The molecule has 0 heterocycles. The summed E-state index contributed by atoms with van der Waals surface area (Å²) in [6, 6.07) is 8.99. The summed E-state index contributed by atoms with van der Waals surface area (Å²) in [5, 5.41) is 2.33. The van der Waals surface area contributed by atoms with Crippen LogP contribution < -0.4 is 25.6 Å². The number of amides is 2. The van der Waals surface area contributed by atoms with Crippen LogP contribution in [0.2, 0.25) is 0 Å². The number of halogens is 4. The van der Waals surface area contributed by atoms with Crippen molar-refractivity contribution in [2.24, 2.45) is 0 Å². The number of hydrogen-bond acceptors (Lipinski definition) is 5. The highest BCUT2D eigenvalue weighted by atomic mass is 79.9. The predicted molar refractivity (Wildman–Crippen MR) is 131 cm³/mol. The molecule has 0 aliphatic rings. The summed E-state index contributed by atoms with van der Waals surface area (Å²) in [5.41, 5.74) is 5.63. The van der Waals surface area contributed by atoms with Gasteiger partial charge in [-0.1, -0.05) is 31.9 Å². The van der Waals surface area contributed by atoms with Crippen molar-refractivity contribution in [3.05, 3.63) is 53.8 Å². The number of aryl methyl sites for hydroxylation is 1. The summed E-state index contributed by atoms with van der Waals surface area (Å²) in [6.07, 6.45) is 0. The van der Waals surface area contributed by atoms with E-state index in [0.29, 0.717) is 20.4 Å². The van der Waals surface area contributed by atoms with E-state index in [9.17, 15) is 9.59 Å². The van der Waals surface area contributed by atoms with Gasteiger partial charge in [0.15, 0.2) is 18.3 Å². The van der Waals surface area contributed by atoms with Gasteiger partial charge in [-0.05, 0) is 86.9 Å². The smallest absolute Gasteiger partial charge is 0.276 e. The third-order valence-corrected chi connectivity index (χ3v) is 5.73. The van der Waals surface area contributed by atoms with E-state index >= 15 is 0 Å². The fraction of sp³-hybridized carbons (Fsp3) is 0.167. The highest BCUT2D eigenvalue weighted by molar-refractivity contribution is 9.11. The van der Waals surface area contributed by atoms with Gasteiger partial charge in [-0.2, -0.15) is 0 Å². The van der Waals surface area contributed by atoms with Crippen LogP contribution in [0.3, 0.4) is 0 Å². The van der Waals surface area contributed by atoms with Crippen LogP contribution in [0.15, 0.2) is 48.2 Å². The first-order chi connectivity index (χ1) is 14.2. The van der Waals surface area contributed by atoms with E-state index in [1.807, 2.05) is 19.1 Å². The van der Waals surface area contributed by atoms with Crippen LogP contribution in [0.1, 0.15) is 5.56 Å². The van der Waals surface area contributed by atoms with E-state index in [2.05, 4.69) is 79.9 Å². The lowest BCUT2D eigenvalue weighted by molar-refractivity contribution is -0.124. The Morgan fingerprint density at radius 1 is 0.900 bits per heavy atom. The standard InChI is InChI=1S/C18H15Br4N3O4S/c1-9-4-11(20)6-13(22)17(9)29-7-15(26)23-18(30)25-24-16(27)8-28-14-3-2-10(19)5-12(14)21/h2-6H,7-8H2,1H3,(H,24,27)(H2,23,25,26,30). The molecule has 0 fully saturated rings. The molecule has 0 radical (unpaired) electrons. The first kappa shape index (κ1) is 25.1. The third-order valence-electron chi connectivity index (χ3n) is 3.36. The molecule has 30 heavy (non-hydrogen) atoms. The third kappa shape index (κ3) is 8.14. The number of ether oxygens (including phenoxy) is 2. The van der Waals surface area contributed by atoms with Crippen LogP contribution in [0.4, 0.5) is 0 Å². The number of nitrogens with one attached hydrogen (secondary N) is 3.